The van der Waals surface area contributed by atoms with Gasteiger partial charge in [-0.3, -0.25) is 29.3 Å². The fraction of sp³-hybridized carbons (Fsp3) is 0.417. The van der Waals surface area contributed by atoms with Crippen molar-refractivity contribution in [1.82, 2.24) is 15.2 Å². The summed E-state index contributed by atoms with van der Waals surface area (Å²) >= 11 is 3.37. The Bertz CT molecular complexity index is 1290. The number of hydrogen-bond donors (Lipinski definition) is 1. The second-order valence-corrected chi connectivity index (χ2v) is 11.6. The van der Waals surface area contributed by atoms with Crippen molar-refractivity contribution in [3.63, 3.8) is 0 Å². The molecule has 2 heterocycles. The Kier molecular flexibility index (Phi) is 18.4. The lowest BCUT2D eigenvalue weighted by atomic mass is 9.91. The van der Waals surface area contributed by atoms with E-state index in [1.807, 2.05) is 39.2 Å². The largest absolute Gasteiger partial charge is 0.384 e. The zero-order valence-electron chi connectivity index (χ0n) is 27.5. The van der Waals surface area contributed by atoms with Crippen LogP contribution in [-0.2, 0) is 11.3 Å². The summed E-state index contributed by atoms with van der Waals surface area (Å²) in [5.41, 5.74) is 5.63. The quantitative estimate of drug-likeness (QED) is 0.132. The normalized spacial score (nSPS) is 12.9. The molecule has 2 amide bonds. The van der Waals surface area contributed by atoms with Gasteiger partial charge >= 0.3 is 0 Å². The number of ketones is 1. The van der Waals surface area contributed by atoms with Crippen molar-refractivity contribution in [2.45, 2.75) is 80.7 Å². The molecule has 8 heteroatoms. The average molecular weight is 666 g/mol. The Morgan fingerprint density at radius 1 is 1.05 bits per heavy atom. The average Bonchev–Trinajstić information content (AvgIpc) is 3.24. The lowest BCUT2D eigenvalue weighted by Crippen LogP contribution is -2.33. The number of nitrogens with one attached hydrogen (secondary N) is 1. The second-order valence-electron chi connectivity index (χ2n) is 10.8. The molecule has 1 aromatic carbocycles. The lowest BCUT2D eigenvalue weighted by molar-refractivity contribution is -0.117. The number of unbranched alkanes of at least 4 members (excludes halogenated alkanes) is 1. The number of benzene rings is 1. The van der Waals surface area contributed by atoms with Gasteiger partial charge in [-0.05, 0) is 99.1 Å². The van der Waals surface area contributed by atoms with Crippen LogP contribution in [0.2, 0.25) is 0 Å². The van der Waals surface area contributed by atoms with Crippen LogP contribution < -0.4 is 5.32 Å². The number of aliphatic imine (C=N–C) groups is 1. The van der Waals surface area contributed by atoms with E-state index in [4.69, 9.17) is 0 Å². The number of nitrogens with zero attached hydrogens (tertiary/aromatic N) is 3. The van der Waals surface area contributed by atoms with Crippen molar-refractivity contribution in [2.75, 3.05) is 13.1 Å². The van der Waals surface area contributed by atoms with E-state index in [1.54, 1.807) is 30.5 Å². The third-order valence-electron chi connectivity index (χ3n) is 6.74. The minimum atomic E-state index is -0.384. The van der Waals surface area contributed by atoms with Crippen LogP contribution in [-0.4, -0.2) is 46.8 Å². The highest BCUT2D eigenvalue weighted by molar-refractivity contribution is 9.12. The number of fused-ring (bicyclic) bond motifs is 1. The summed E-state index contributed by atoms with van der Waals surface area (Å²) < 4.78 is 1.09. The van der Waals surface area contributed by atoms with Gasteiger partial charge in [0.05, 0.1) is 17.7 Å². The van der Waals surface area contributed by atoms with Crippen LogP contribution in [0.25, 0.3) is 0 Å². The number of rotatable bonds is 13. The molecule has 1 N–H and O–H groups in total. The Morgan fingerprint density at radius 3 is 2.16 bits per heavy atom. The minimum Gasteiger partial charge on any atom is -0.384 e. The molecule has 1 atom stereocenters. The van der Waals surface area contributed by atoms with Gasteiger partial charge in [0.15, 0.2) is 0 Å². The smallest absolute Gasteiger partial charge is 0.261 e. The molecular weight excluding hydrogens is 616 g/mol. The fourth-order valence-electron chi connectivity index (χ4n) is 4.20. The van der Waals surface area contributed by atoms with Crippen LogP contribution in [0.1, 0.15) is 100 Å². The van der Waals surface area contributed by atoms with Gasteiger partial charge in [-0.25, -0.2) is 0 Å². The number of carbonyl (C=O) groups is 3. The Balaban J connectivity index is 0.000000355. The van der Waals surface area contributed by atoms with Crippen molar-refractivity contribution >= 4 is 39.7 Å². The number of hydrogen-bond acceptors (Lipinski definition) is 6. The SMILES string of the molecule is C=C(/C=C(\C)NCc1cccnc1)C(CC)CCCC.CC(=O)CN1C(=O)c2ccccc2C1=O.CCN=CC(Br)=C(C)C. The molecule has 1 aromatic heterocycles. The highest BCUT2D eigenvalue weighted by atomic mass is 79.9. The van der Waals surface area contributed by atoms with Gasteiger partial charge in [0.2, 0.25) is 0 Å². The highest BCUT2D eigenvalue weighted by Crippen LogP contribution is 2.23. The third-order valence-corrected chi connectivity index (χ3v) is 7.74. The molecule has 44 heavy (non-hydrogen) atoms. The number of carbonyl (C=O) groups excluding carboxylic acids is 3. The van der Waals surface area contributed by atoms with E-state index in [0.29, 0.717) is 17.0 Å². The first kappa shape index (κ1) is 38.4. The van der Waals surface area contributed by atoms with Gasteiger partial charge in [-0.15, -0.1) is 0 Å². The molecule has 1 aliphatic heterocycles. The van der Waals surface area contributed by atoms with E-state index in [-0.39, 0.29) is 24.1 Å². The number of aromatic nitrogens is 1. The number of amides is 2. The van der Waals surface area contributed by atoms with Crippen LogP contribution in [0.5, 0.6) is 0 Å². The van der Waals surface area contributed by atoms with E-state index in [1.165, 1.54) is 55.0 Å². The maximum Gasteiger partial charge on any atom is 0.261 e. The monoisotopic (exact) mass is 664 g/mol. The van der Waals surface area contributed by atoms with E-state index >= 15 is 0 Å². The van der Waals surface area contributed by atoms with Gasteiger partial charge in [-0.1, -0.05) is 62.6 Å². The standard InChI is InChI=1S/C18H28N2.C11H9NO3.C7H12BrN/c1-5-7-10-18(6-2)15(3)12-16(4)20-14-17-9-8-11-19-13-17;1-7(13)6-12-10(14)8-4-2-3-5-9(8)11(12)15;1-4-9-5-7(8)6(2)3/h8-9,11-13,18,20H,3,5-7,10,14H2,1-2,4H3;2-5H,6H2,1H3;5H,4H2,1-3H3/b16-12+;;. The van der Waals surface area contributed by atoms with Crippen molar-refractivity contribution in [2.24, 2.45) is 10.9 Å². The first-order valence-corrected chi connectivity index (χ1v) is 16.0. The molecule has 7 nitrogen and oxygen atoms in total. The molecule has 1 aliphatic rings. The summed E-state index contributed by atoms with van der Waals surface area (Å²) in [7, 11) is 0. The molecule has 0 saturated heterocycles. The Hall–Kier alpha value is -3.65. The molecule has 0 saturated carbocycles. The van der Waals surface area contributed by atoms with Crippen molar-refractivity contribution in [3.05, 3.63) is 99.5 Å². The lowest BCUT2D eigenvalue weighted by Gasteiger charge is -2.16. The van der Waals surface area contributed by atoms with E-state index in [9.17, 15) is 14.4 Å². The number of allylic oxidation sites excluding steroid dienone is 5. The van der Waals surface area contributed by atoms with Gasteiger partial charge in [0.1, 0.15) is 5.78 Å². The molecule has 1 unspecified atom stereocenters. The second kappa shape index (κ2) is 21.1. The fourth-order valence-corrected chi connectivity index (χ4v) is 4.34. The van der Waals surface area contributed by atoms with E-state index in [2.05, 4.69) is 70.7 Å². The summed E-state index contributed by atoms with van der Waals surface area (Å²) in [4.78, 5) is 43.5. The summed E-state index contributed by atoms with van der Waals surface area (Å²) in [5, 5.41) is 3.43. The summed E-state index contributed by atoms with van der Waals surface area (Å²) in [5.74, 6) is -0.355. The summed E-state index contributed by atoms with van der Waals surface area (Å²) in [6.45, 7) is 19.8. The molecular formula is C36H49BrN4O3. The Morgan fingerprint density at radius 2 is 1.68 bits per heavy atom. The number of Topliss-reactive ketones (excluding diaryl/α,β-unsaturated/α-hetero) is 1. The molecule has 0 spiro atoms. The predicted molar refractivity (Wildman–Crippen MR) is 186 cm³/mol. The van der Waals surface area contributed by atoms with Crippen LogP contribution in [0.15, 0.2) is 87.8 Å². The maximum absolute atomic E-state index is 11.7. The zero-order valence-corrected chi connectivity index (χ0v) is 29.0. The molecule has 0 radical (unpaired) electrons. The summed E-state index contributed by atoms with van der Waals surface area (Å²) in [6.07, 6.45) is 12.7. The van der Waals surface area contributed by atoms with Crippen molar-refractivity contribution in [3.8, 4) is 0 Å². The molecule has 2 aromatic rings. The highest BCUT2D eigenvalue weighted by Gasteiger charge is 2.35. The van der Waals surface area contributed by atoms with E-state index < -0.39 is 0 Å². The maximum atomic E-state index is 11.7. The molecule has 3 rings (SSSR count). The van der Waals surface area contributed by atoms with Crippen LogP contribution in [0.4, 0.5) is 0 Å². The topological polar surface area (TPSA) is 91.7 Å². The minimum absolute atomic E-state index is 0.146. The molecule has 0 fully saturated rings. The number of imide groups is 1. The van der Waals surface area contributed by atoms with Crippen LogP contribution >= 0.6 is 15.9 Å². The van der Waals surface area contributed by atoms with Gasteiger partial charge in [-0.2, -0.15) is 0 Å². The van der Waals surface area contributed by atoms with Gasteiger partial charge in [0.25, 0.3) is 11.8 Å². The zero-order chi connectivity index (χ0) is 33.1. The number of halogens is 1. The molecule has 0 bridgehead atoms. The molecule has 238 valence electrons. The third kappa shape index (κ3) is 13.8. The van der Waals surface area contributed by atoms with Crippen molar-refractivity contribution in [1.29, 1.82) is 0 Å². The van der Waals surface area contributed by atoms with Gasteiger partial charge in [0, 0.05) is 41.9 Å². The van der Waals surface area contributed by atoms with Crippen LogP contribution in [0, 0.1) is 5.92 Å². The number of pyridine rings is 1. The van der Waals surface area contributed by atoms with E-state index in [0.717, 1.165) is 22.5 Å². The van der Waals surface area contributed by atoms with Crippen molar-refractivity contribution < 1.29 is 14.4 Å². The Labute approximate surface area is 272 Å². The first-order chi connectivity index (χ1) is 21.0. The first-order valence-electron chi connectivity index (χ1n) is 15.2. The van der Waals surface area contributed by atoms with Gasteiger partial charge < -0.3 is 5.32 Å². The van der Waals surface area contributed by atoms with Crippen LogP contribution in [0.3, 0.4) is 0 Å². The summed E-state index contributed by atoms with van der Waals surface area (Å²) in [6, 6.07) is 10.6. The predicted octanol–water partition coefficient (Wildman–Crippen LogP) is 8.49. The molecule has 0 aliphatic carbocycles.